The van der Waals surface area contributed by atoms with Crippen molar-refractivity contribution in [2.75, 3.05) is 62.3 Å². The number of nitrogens with one attached hydrogen (secondary N) is 3. The first-order valence-corrected chi connectivity index (χ1v) is 20.9. The summed E-state index contributed by atoms with van der Waals surface area (Å²) >= 11 is 0. The average molecular weight is 778 g/mol. The third kappa shape index (κ3) is 8.43. The molecule has 4 aromatic rings. The second-order valence-corrected chi connectivity index (χ2v) is 16.0. The van der Waals surface area contributed by atoms with Crippen molar-refractivity contribution in [1.29, 1.82) is 0 Å². The Morgan fingerprint density at radius 2 is 0.965 bits per heavy atom. The molecule has 57 heavy (non-hydrogen) atoms. The molecule has 0 bridgehead atoms. The van der Waals surface area contributed by atoms with E-state index in [1.807, 2.05) is 0 Å². The number of methoxy groups -OCH3 is 6. The van der Waals surface area contributed by atoms with Gasteiger partial charge in [0.25, 0.3) is 0 Å². The third-order valence-corrected chi connectivity index (χ3v) is 13.1. The fourth-order valence-electron chi connectivity index (χ4n) is 9.78. The zero-order valence-corrected chi connectivity index (χ0v) is 35.3. The van der Waals surface area contributed by atoms with E-state index in [0.717, 1.165) is 99.1 Å². The molecule has 9 nitrogen and oxygen atoms in total. The molecule has 3 aliphatic rings. The van der Waals surface area contributed by atoms with Crippen LogP contribution in [-0.4, -0.2) is 62.3 Å². The van der Waals surface area contributed by atoms with E-state index in [2.05, 4.69) is 90.5 Å². The number of fused-ring (bicyclic) bond motifs is 3. The Hall–Kier alpha value is -4.44. The first-order chi connectivity index (χ1) is 27.8. The maximum Gasteiger partial charge on any atom is 0.161 e. The van der Waals surface area contributed by atoms with E-state index < -0.39 is 0 Å². The van der Waals surface area contributed by atoms with Crippen LogP contribution in [0.15, 0.2) is 60.7 Å². The van der Waals surface area contributed by atoms with Crippen LogP contribution >= 0.6 is 0 Å². The Balaban J connectivity index is 1.13. The number of rotatable bonds is 16. The first kappa shape index (κ1) is 40.7. The number of benzene rings is 4. The standard InChI is InChI=1S/C48H63N3O6/c1-9-30(11-10-29(2)31-12-14-32(15-13-31)46-36-26-43(55-6)40(52-3)23-33(36)16-19-49-46)22-39(47-37-27-44(56-7)41(53-4)24-34(37)17-20-50-47)48-38-28-45(57-8)42(54-5)25-35(38)18-21-51-48/h12-15,23-30,39,46-51H,9-11,16-22H2,1-8H3. The molecule has 3 heterocycles. The lowest BCUT2D eigenvalue weighted by atomic mass is 9.72. The van der Waals surface area contributed by atoms with E-state index in [1.54, 1.807) is 42.7 Å². The van der Waals surface area contributed by atoms with Gasteiger partial charge in [0, 0.05) is 18.6 Å². The van der Waals surface area contributed by atoms with Gasteiger partial charge in [0.15, 0.2) is 34.5 Å². The molecule has 5 atom stereocenters. The molecule has 0 aromatic heterocycles. The maximum atomic E-state index is 5.86. The Morgan fingerprint density at radius 1 is 0.544 bits per heavy atom. The highest BCUT2D eigenvalue weighted by molar-refractivity contribution is 5.53. The molecule has 9 heteroatoms. The monoisotopic (exact) mass is 777 g/mol. The van der Waals surface area contributed by atoms with Gasteiger partial charge in [-0.1, -0.05) is 44.5 Å². The van der Waals surface area contributed by atoms with Crippen LogP contribution in [-0.2, 0) is 19.3 Å². The second-order valence-electron chi connectivity index (χ2n) is 16.0. The lowest BCUT2D eigenvalue weighted by Gasteiger charge is -2.42. The quantitative estimate of drug-likeness (QED) is 0.103. The third-order valence-electron chi connectivity index (χ3n) is 13.1. The van der Waals surface area contributed by atoms with Crippen LogP contribution in [0.4, 0.5) is 0 Å². The van der Waals surface area contributed by atoms with E-state index in [-0.39, 0.29) is 24.0 Å². The van der Waals surface area contributed by atoms with Gasteiger partial charge in [-0.25, -0.2) is 0 Å². The molecule has 0 spiro atoms. The van der Waals surface area contributed by atoms with Gasteiger partial charge in [-0.05, 0) is 150 Å². The minimum Gasteiger partial charge on any atom is -0.493 e. The first-order valence-electron chi connectivity index (χ1n) is 20.9. The molecule has 3 aliphatic heterocycles. The van der Waals surface area contributed by atoms with Crippen LogP contribution in [0, 0.1) is 11.8 Å². The van der Waals surface area contributed by atoms with Gasteiger partial charge in [-0.2, -0.15) is 0 Å². The molecule has 306 valence electrons. The van der Waals surface area contributed by atoms with Crippen LogP contribution in [0.2, 0.25) is 0 Å². The fourth-order valence-corrected chi connectivity index (χ4v) is 9.78. The molecule has 0 saturated carbocycles. The minimum atomic E-state index is 0.124. The van der Waals surface area contributed by atoms with Crippen molar-refractivity contribution in [2.24, 2.45) is 11.8 Å². The molecule has 4 aromatic carbocycles. The van der Waals surface area contributed by atoms with Gasteiger partial charge < -0.3 is 44.4 Å². The Bertz CT molecular complexity index is 1910. The summed E-state index contributed by atoms with van der Waals surface area (Å²) in [5, 5.41) is 11.8. The number of hydrogen-bond donors (Lipinski definition) is 3. The van der Waals surface area contributed by atoms with Gasteiger partial charge in [0.1, 0.15) is 0 Å². The van der Waals surface area contributed by atoms with Gasteiger partial charge in [0.05, 0.1) is 48.7 Å². The summed E-state index contributed by atoms with van der Waals surface area (Å²) in [4.78, 5) is 0. The van der Waals surface area contributed by atoms with Crippen molar-refractivity contribution in [3.63, 3.8) is 0 Å². The molecule has 0 saturated heterocycles. The predicted octanol–water partition coefficient (Wildman–Crippen LogP) is 8.66. The van der Waals surface area contributed by atoms with Crippen molar-refractivity contribution in [2.45, 2.75) is 82.8 Å². The lowest BCUT2D eigenvalue weighted by molar-refractivity contribution is 0.201. The zero-order valence-electron chi connectivity index (χ0n) is 35.3. The minimum absolute atomic E-state index is 0.124. The van der Waals surface area contributed by atoms with E-state index in [1.165, 1.54) is 44.5 Å². The molecule has 7 rings (SSSR count). The van der Waals surface area contributed by atoms with Gasteiger partial charge in [-0.15, -0.1) is 0 Å². The summed E-state index contributed by atoms with van der Waals surface area (Å²) in [5.74, 6) is 5.98. The summed E-state index contributed by atoms with van der Waals surface area (Å²) in [6.45, 7) is 7.53. The van der Waals surface area contributed by atoms with E-state index in [4.69, 9.17) is 28.4 Å². The lowest BCUT2D eigenvalue weighted by Crippen LogP contribution is -2.44. The van der Waals surface area contributed by atoms with Crippen molar-refractivity contribution >= 4 is 0 Å². The van der Waals surface area contributed by atoms with Crippen molar-refractivity contribution in [3.05, 3.63) is 105 Å². The van der Waals surface area contributed by atoms with E-state index in [0.29, 0.717) is 11.8 Å². The SMILES string of the molecule is CCC(CCC(C)c1ccc(C2NCCc3cc(OC)c(OC)cc32)cc1)CC(C1NCCc2cc(OC)c(OC)cc21)C1NCCc2cc(OC)c(OC)cc21. The maximum absolute atomic E-state index is 5.86. The molecule has 0 fully saturated rings. The Labute approximate surface area is 340 Å². The summed E-state index contributed by atoms with van der Waals surface area (Å²) in [6, 6.07) is 22.8. The second kappa shape index (κ2) is 18.4. The summed E-state index contributed by atoms with van der Waals surface area (Å²) < 4.78 is 34.5. The summed E-state index contributed by atoms with van der Waals surface area (Å²) in [5.41, 5.74) is 10.5. The predicted molar refractivity (Wildman–Crippen MR) is 227 cm³/mol. The highest BCUT2D eigenvalue weighted by Crippen LogP contribution is 2.47. The molecule has 5 unspecified atom stereocenters. The summed E-state index contributed by atoms with van der Waals surface area (Å²) in [6.07, 6.45) is 7.38. The fraction of sp³-hybridized carbons (Fsp3) is 0.500. The Kier molecular flexibility index (Phi) is 13.2. The Morgan fingerprint density at radius 3 is 1.42 bits per heavy atom. The van der Waals surface area contributed by atoms with Crippen LogP contribution in [0.25, 0.3) is 0 Å². The topological polar surface area (TPSA) is 91.5 Å². The van der Waals surface area contributed by atoms with Crippen LogP contribution in [0.1, 0.15) is 108 Å². The molecule has 3 N–H and O–H groups in total. The molecular formula is C48H63N3O6. The van der Waals surface area contributed by atoms with Crippen molar-refractivity contribution < 1.29 is 28.4 Å². The number of hydrogen-bond acceptors (Lipinski definition) is 9. The van der Waals surface area contributed by atoms with Crippen molar-refractivity contribution in [3.8, 4) is 34.5 Å². The smallest absolute Gasteiger partial charge is 0.161 e. The van der Waals surface area contributed by atoms with Crippen LogP contribution in [0.3, 0.4) is 0 Å². The molecule has 0 aliphatic carbocycles. The van der Waals surface area contributed by atoms with E-state index >= 15 is 0 Å². The highest BCUT2D eigenvalue weighted by Gasteiger charge is 2.39. The molecule has 0 radical (unpaired) electrons. The summed E-state index contributed by atoms with van der Waals surface area (Å²) in [7, 11) is 10.3. The molecule has 0 amide bonds. The van der Waals surface area contributed by atoms with E-state index in [9.17, 15) is 0 Å². The highest BCUT2D eigenvalue weighted by atomic mass is 16.5. The van der Waals surface area contributed by atoms with Gasteiger partial charge >= 0.3 is 0 Å². The molecular weight excluding hydrogens is 715 g/mol. The van der Waals surface area contributed by atoms with Gasteiger partial charge in [-0.3, -0.25) is 0 Å². The van der Waals surface area contributed by atoms with Crippen molar-refractivity contribution in [1.82, 2.24) is 16.0 Å². The van der Waals surface area contributed by atoms with Crippen LogP contribution in [0.5, 0.6) is 34.5 Å². The van der Waals surface area contributed by atoms with Crippen LogP contribution < -0.4 is 44.4 Å². The zero-order chi connectivity index (χ0) is 40.1. The number of ether oxygens (including phenoxy) is 6. The normalized spacial score (nSPS) is 20.2. The largest absolute Gasteiger partial charge is 0.493 e. The van der Waals surface area contributed by atoms with Gasteiger partial charge in [0.2, 0.25) is 0 Å². The average Bonchev–Trinajstić information content (AvgIpc) is 3.26.